The fourth-order valence-electron chi connectivity index (χ4n) is 3.82. The van der Waals surface area contributed by atoms with Crippen molar-refractivity contribution in [1.29, 1.82) is 0 Å². The third-order valence-electron chi connectivity index (χ3n) is 5.43. The molecule has 1 aliphatic heterocycles. The molecule has 3 heterocycles. The topological polar surface area (TPSA) is 94.2 Å². The van der Waals surface area contributed by atoms with Gasteiger partial charge in [-0.25, -0.2) is 4.68 Å². The number of furan rings is 1. The zero-order valence-corrected chi connectivity index (χ0v) is 17.9. The van der Waals surface area contributed by atoms with E-state index in [2.05, 4.69) is 20.7 Å². The Labute approximate surface area is 189 Å². The molecule has 8 nitrogen and oxygen atoms in total. The van der Waals surface area contributed by atoms with Gasteiger partial charge in [-0.1, -0.05) is 35.9 Å². The van der Waals surface area contributed by atoms with E-state index < -0.39 is 5.91 Å². The number of carbonyl (C=O) groups excluding carboxylic acids is 1. The third-order valence-corrected chi connectivity index (χ3v) is 5.68. The molecule has 2 N–H and O–H groups in total. The Hall–Kier alpha value is -3.78. The van der Waals surface area contributed by atoms with Crippen molar-refractivity contribution in [3.8, 4) is 5.75 Å². The Morgan fingerprint density at radius 1 is 1.16 bits per heavy atom. The van der Waals surface area contributed by atoms with Crippen LogP contribution in [0.1, 0.15) is 40.2 Å². The minimum atomic E-state index is -0.409. The molecule has 0 unspecified atom stereocenters. The van der Waals surface area contributed by atoms with Crippen molar-refractivity contribution >= 4 is 29.4 Å². The number of amides is 1. The summed E-state index contributed by atoms with van der Waals surface area (Å²) in [4.78, 5) is 16.9. The Balaban J connectivity index is 1.49. The highest BCUT2D eigenvalue weighted by atomic mass is 35.5. The molecule has 5 rings (SSSR count). The lowest BCUT2D eigenvalue weighted by molar-refractivity contribution is 0.0995. The first-order valence-electron chi connectivity index (χ1n) is 10.1. The predicted octanol–water partition coefficient (Wildman–Crippen LogP) is 4.93. The molecule has 1 amide bonds. The van der Waals surface area contributed by atoms with Gasteiger partial charge in [-0.05, 0) is 53.9 Å². The quantitative estimate of drug-likeness (QED) is 0.448. The number of aromatic nitrogens is 3. The molecule has 162 valence electrons. The van der Waals surface area contributed by atoms with Gasteiger partial charge in [0, 0.05) is 5.02 Å². The standard InChI is InChI=1S/C23H20ClN5O3/c1-31-17-10-6-15(7-11-17)19-13-18(14-4-8-16(24)9-5-14)25-23-27-22(28-29(19)23)26-21(30)20-3-2-12-32-20/h2-12,18-19H,13H2,1H3,(H2,25,26,27,28,30)/t18-,19+/m1/s1. The van der Waals surface area contributed by atoms with Crippen molar-refractivity contribution in [2.75, 3.05) is 17.7 Å². The summed E-state index contributed by atoms with van der Waals surface area (Å²) in [7, 11) is 1.64. The second kappa shape index (κ2) is 8.39. The zero-order valence-electron chi connectivity index (χ0n) is 17.2. The van der Waals surface area contributed by atoms with Gasteiger partial charge >= 0.3 is 0 Å². The monoisotopic (exact) mass is 449 g/mol. The first-order chi connectivity index (χ1) is 15.6. The highest BCUT2D eigenvalue weighted by molar-refractivity contribution is 6.30. The summed E-state index contributed by atoms with van der Waals surface area (Å²) < 4.78 is 12.2. The highest BCUT2D eigenvalue weighted by Crippen LogP contribution is 2.38. The minimum absolute atomic E-state index is 0.00954. The average Bonchev–Trinajstić information content (AvgIpc) is 3.49. The molecule has 0 bridgehead atoms. The van der Waals surface area contributed by atoms with Crippen molar-refractivity contribution in [2.24, 2.45) is 0 Å². The number of carbonyl (C=O) groups is 1. The van der Waals surface area contributed by atoms with E-state index in [9.17, 15) is 4.79 Å². The molecule has 1 aliphatic rings. The molecule has 0 saturated carbocycles. The fourth-order valence-corrected chi connectivity index (χ4v) is 3.94. The Bertz CT molecular complexity index is 1220. The normalized spacial score (nSPS) is 17.3. The van der Waals surface area contributed by atoms with E-state index >= 15 is 0 Å². The molecule has 0 radical (unpaired) electrons. The zero-order chi connectivity index (χ0) is 22.1. The first-order valence-corrected chi connectivity index (χ1v) is 10.5. The predicted molar refractivity (Wildman–Crippen MR) is 120 cm³/mol. The number of benzene rings is 2. The summed E-state index contributed by atoms with van der Waals surface area (Å²) in [6, 6.07) is 18.7. The molecule has 32 heavy (non-hydrogen) atoms. The number of ether oxygens (including phenoxy) is 1. The molecule has 0 fully saturated rings. The number of fused-ring (bicyclic) bond motifs is 1. The van der Waals surface area contributed by atoms with Gasteiger partial charge in [0.2, 0.25) is 5.95 Å². The van der Waals surface area contributed by atoms with E-state index in [1.807, 2.05) is 48.5 Å². The second-order valence-corrected chi connectivity index (χ2v) is 7.84. The van der Waals surface area contributed by atoms with Gasteiger partial charge in [0.15, 0.2) is 5.76 Å². The van der Waals surface area contributed by atoms with Crippen LogP contribution < -0.4 is 15.4 Å². The number of nitrogens with zero attached hydrogens (tertiary/aromatic N) is 3. The van der Waals surface area contributed by atoms with Gasteiger partial charge in [-0.15, -0.1) is 5.10 Å². The van der Waals surface area contributed by atoms with Crippen LogP contribution in [0.2, 0.25) is 5.02 Å². The lowest BCUT2D eigenvalue weighted by Gasteiger charge is -2.31. The molecule has 2 aromatic heterocycles. The maximum absolute atomic E-state index is 12.4. The number of rotatable bonds is 5. The van der Waals surface area contributed by atoms with Crippen LogP contribution in [0.4, 0.5) is 11.9 Å². The minimum Gasteiger partial charge on any atom is -0.497 e. The number of hydrogen-bond acceptors (Lipinski definition) is 6. The number of halogens is 1. The lowest BCUT2D eigenvalue weighted by Crippen LogP contribution is -2.28. The van der Waals surface area contributed by atoms with Crippen LogP contribution in [0.25, 0.3) is 0 Å². The number of anilines is 2. The van der Waals surface area contributed by atoms with Gasteiger partial charge in [-0.3, -0.25) is 10.1 Å². The first kappa shape index (κ1) is 20.1. The second-order valence-electron chi connectivity index (χ2n) is 7.41. The van der Waals surface area contributed by atoms with Gasteiger partial charge < -0.3 is 14.5 Å². The number of methoxy groups -OCH3 is 1. The van der Waals surface area contributed by atoms with Gasteiger partial charge in [0.25, 0.3) is 11.9 Å². The van der Waals surface area contributed by atoms with Crippen molar-refractivity contribution in [1.82, 2.24) is 14.8 Å². The maximum Gasteiger partial charge on any atom is 0.293 e. The van der Waals surface area contributed by atoms with E-state index in [0.29, 0.717) is 11.0 Å². The summed E-state index contributed by atoms with van der Waals surface area (Å²) >= 11 is 6.07. The molecule has 2 aromatic carbocycles. The van der Waals surface area contributed by atoms with Crippen LogP contribution in [-0.2, 0) is 0 Å². The van der Waals surface area contributed by atoms with Crippen LogP contribution in [0.5, 0.6) is 5.75 Å². The largest absolute Gasteiger partial charge is 0.497 e. The van der Waals surface area contributed by atoms with Gasteiger partial charge in [-0.2, -0.15) is 4.98 Å². The Morgan fingerprint density at radius 3 is 2.59 bits per heavy atom. The van der Waals surface area contributed by atoms with Crippen LogP contribution in [0, 0.1) is 0 Å². The SMILES string of the molecule is COc1ccc([C@@H]2C[C@H](c3ccc(Cl)cc3)Nc3nc(NC(=O)c4ccco4)nn32)cc1. The Kier molecular flexibility index (Phi) is 5.28. The highest BCUT2D eigenvalue weighted by Gasteiger charge is 2.31. The van der Waals surface area contributed by atoms with E-state index in [4.69, 9.17) is 20.8 Å². The van der Waals surface area contributed by atoms with Crippen molar-refractivity contribution < 1.29 is 13.9 Å². The lowest BCUT2D eigenvalue weighted by atomic mass is 9.93. The van der Waals surface area contributed by atoms with Crippen LogP contribution in [0.3, 0.4) is 0 Å². The van der Waals surface area contributed by atoms with Crippen molar-refractivity contribution in [3.63, 3.8) is 0 Å². The molecule has 0 aliphatic carbocycles. The molecule has 4 aromatic rings. The van der Waals surface area contributed by atoms with E-state index in [1.165, 1.54) is 6.26 Å². The molecule has 2 atom stereocenters. The summed E-state index contributed by atoms with van der Waals surface area (Å²) in [6.07, 6.45) is 2.18. The van der Waals surface area contributed by atoms with E-state index in [0.717, 1.165) is 23.3 Å². The van der Waals surface area contributed by atoms with Crippen molar-refractivity contribution in [3.05, 3.63) is 88.8 Å². The maximum atomic E-state index is 12.4. The van der Waals surface area contributed by atoms with Crippen molar-refractivity contribution in [2.45, 2.75) is 18.5 Å². The number of nitrogens with one attached hydrogen (secondary N) is 2. The molecule has 0 spiro atoms. The van der Waals surface area contributed by atoms with Crippen LogP contribution >= 0.6 is 11.6 Å². The fraction of sp³-hybridized carbons (Fsp3) is 0.174. The van der Waals surface area contributed by atoms with Crippen LogP contribution in [0.15, 0.2) is 71.3 Å². The van der Waals surface area contributed by atoms with E-state index in [1.54, 1.807) is 23.9 Å². The summed E-state index contributed by atoms with van der Waals surface area (Å²) in [5.41, 5.74) is 2.14. The van der Waals surface area contributed by atoms with Gasteiger partial charge in [0.05, 0.1) is 25.5 Å². The molecular formula is C23H20ClN5O3. The molecular weight excluding hydrogens is 430 g/mol. The number of hydrogen-bond donors (Lipinski definition) is 2. The van der Waals surface area contributed by atoms with Crippen LogP contribution in [-0.4, -0.2) is 27.8 Å². The summed E-state index contributed by atoms with van der Waals surface area (Å²) in [5.74, 6) is 1.32. The van der Waals surface area contributed by atoms with E-state index in [-0.39, 0.29) is 23.8 Å². The molecule has 0 saturated heterocycles. The third kappa shape index (κ3) is 3.92. The van der Waals surface area contributed by atoms with Gasteiger partial charge in [0.1, 0.15) is 5.75 Å². The smallest absolute Gasteiger partial charge is 0.293 e. The Morgan fingerprint density at radius 2 is 1.91 bits per heavy atom. The summed E-state index contributed by atoms with van der Waals surface area (Å²) in [5, 5.41) is 11.4. The molecule has 9 heteroatoms. The summed E-state index contributed by atoms with van der Waals surface area (Å²) in [6.45, 7) is 0. The average molecular weight is 450 g/mol.